The molecule has 1 aliphatic heterocycles. The van der Waals surface area contributed by atoms with Gasteiger partial charge in [0.1, 0.15) is 5.82 Å². The number of nitrogens with one attached hydrogen (secondary N) is 1. The summed E-state index contributed by atoms with van der Waals surface area (Å²) in [5.74, 6) is 0.685. The molecule has 0 aliphatic carbocycles. The Morgan fingerprint density at radius 3 is 3.05 bits per heavy atom. The topological polar surface area (TPSA) is 53.9 Å². The average Bonchev–Trinajstić information content (AvgIpc) is 2.87. The molecule has 0 saturated carbocycles. The van der Waals surface area contributed by atoms with E-state index in [1.165, 1.54) is 30.7 Å². The van der Waals surface area contributed by atoms with Gasteiger partial charge in [0.05, 0.1) is 0 Å². The van der Waals surface area contributed by atoms with E-state index < -0.39 is 0 Å². The van der Waals surface area contributed by atoms with E-state index in [1.54, 1.807) is 11.3 Å². The molecule has 3 heterocycles. The number of halogens is 1. The lowest BCUT2D eigenvalue weighted by Crippen LogP contribution is -2.36. The predicted molar refractivity (Wildman–Crippen MR) is 90.9 cm³/mol. The van der Waals surface area contributed by atoms with E-state index in [0.717, 1.165) is 17.4 Å². The van der Waals surface area contributed by atoms with Gasteiger partial charge in [0.15, 0.2) is 5.13 Å². The van der Waals surface area contributed by atoms with Crippen LogP contribution in [0.25, 0.3) is 0 Å². The van der Waals surface area contributed by atoms with Gasteiger partial charge in [-0.25, -0.2) is 15.0 Å². The van der Waals surface area contributed by atoms with Gasteiger partial charge in [0.25, 0.3) is 0 Å². The Morgan fingerprint density at radius 1 is 1.41 bits per heavy atom. The summed E-state index contributed by atoms with van der Waals surface area (Å²) < 4.78 is 0. The Morgan fingerprint density at radius 2 is 2.27 bits per heavy atom. The first-order valence-corrected chi connectivity index (χ1v) is 8.76. The normalized spacial score (nSPS) is 19.3. The van der Waals surface area contributed by atoms with Gasteiger partial charge in [-0.3, -0.25) is 4.90 Å². The molecule has 1 fully saturated rings. The molecule has 118 valence electrons. The summed E-state index contributed by atoms with van der Waals surface area (Å²) in [6.07, 6.45) is 5.89. The average molecular weight is 338 g/mol. The number of anilines is 2. The lowest BCUT2D eigenvalue weighted by molar-refractivity contribution is 0.154. The molecule has 0 radical (unpaired) electrons. The quantitative estimate of drug-likeness (QED) is 0.854. The summed E-state index contributed by atoms with van der Waals surface area (Å²) in [7, 11) is 0. The molecular weight excluding hydrogens is 318 g/mol. The first-order valence-electron chi connectivity index (χ1n) is 7.57. The Balaban J connectivity index is 1.65. The van der Waals surface area contributed by atoms with Crippen molar-refractivity contribution in [2.24, 2.45) is 0 Å². The number of rotatable bonds is 4. The summed E-state index contributed by atoms with van der Waals surface area (Å²) in [6, 6.07) is 2.52. The largest absolute Gasteiger partial charge is 0.316 e. The van der Waals surface area contributed by atoms with Crippen LogP contribution in [0.15, 0.2) is 12.3 Å². The molecule has 2 aromatic rings. The van der Waals surface area contributed by atoms with Gasteiger partial charge in [-0.1, -0.05) is 6.42 Å². The first-order chi connectivity index (χ1) is 10.6. The van der Waals surface area contributed by atoms with E-state index in [9.17, 15) is 0 Å². The highest BCUT2D eigenvalue weighted by atomic mass is 35.5. The Bertz CT molecular complexity index is 624. The molecule has 0 aromatic carbocycles. The summed E-state index contributed by atoms with van der Waals surface area (Å²) >= 11 is 7.55. The number of thiazole rings is 1. The molecule has 0 amide bonds. The molecule has 0 spiro atoms. The number of piperidine rings is 1. The number of nitrogens with zero attached hydrogens (tertiary/aromatic N) is 4. The minimum atomic E-state index is 0.251. The molecule has 1 saturated heterocycles. The maximum atomic E-state index is 5.88. The third-order valence-corrected chi connectivity index (χ3v) is 4.98. The Hall–Kier alpha value is -1.24. The van der Waals surface area contributed by atoms with Gasteiger partial charge in [-0.15, -0.1) is 11.3 Å². The van der Waals surface area contributed by atoms with E-state index in [0.29, 0.717) is 11.9 Å². The van der Waals surface area contributed by atoms with Crippen LogP contribution in [-0.4, -0.2) is 32.4 Å². The highest BCUT2D eigenvalue weighted by molar-refractivity contribution is 7.15. The summed E-state index contributed by atoms with van der Waals surface area (Å²) in [5.41, 5.74) is 0.835. The van der Waals surface area contributed by atoms with Crippen molar-refractivity contribution in [1.82, 2.24) is 19.9 Å². The van der Waals surface area contributed by atoms with Crippen LogP contribution in [0.1, 0.15) is 36.8 Å². The lowest BCUT2D eigenvalue weighted by atomic mass is 10.0. The second-order valence-corrected chi connectivity index (χ2v) is 7.19. The second kappa shape index (κ2) is 6.89. The number of aryl methyl sites for hydroxylation is 1. The highest BCUT2D eigenvalue weighted by Gasteiger charge is 2.19. The van der Waals surface area contributed by atoms with Crippen LogP contribution in [0.4, 0.5) is 10.9 Å². The van der Waals surface area contributed by atoms with Gasteiger partial charge < -0.3 is 5.32 Å². The van der Waals surface area contributed by atoms with E-state index in [-0.39, 0.29) is 5.28 Å². The molecule has 7 heteroatoms. The molecule has 1 aliphatic rings. The van der Waals surface area contributed by atoms with Crippen molar-refractivity contribution < 1.29 is 0 Å². The fourth-order valence-electron chi connectivity index (χ4n) is 2.74. The van der Waals surface area contributed by atoms with E-state index in [2.05, 4.69) is 32.1 Å². The van der Waals surface area contributed by atoms with Crippen LogP contribution >= 0.6 is 22.9 Å². The molecule has 22 heavy (non-hydrogen) atoms. The van der Waals surface area contributed by atoms with E-state index >= 15 is 0 Å². The van der Waals surface area contributed by atoms with Crippen molar-refractivity contribution in [2.75, 3.05) is 11.9 Å². The van der Waals surface area contributed by atoms with E-state index in [4.69, 9.17) is 11.6 Å². The summed E-state index contributed by atoms with van der Waals surface area (Å²) in [6.45, 7) is 6.36. The fraction of sp³-hybridized carbons (Fsp3) is 0.533. The van der Waals surface area contributed by atoms with Crippen LogP contribution in [0, 0.1) is 6.92 Å². The van der Waals surface area contributed by atoms with Crippen molar-refractivity contribution in [3.63, 3.8) is 0 Å². The predicted octanol–water partition coefficient (Wildman–Crippen LogP) is 4.01. The zero-order valence-corrected chi connectivity index (χ0v) is 14.4. The molecule has 3 rings (SSSR count). The van der Waals surface area contributed by atoms with Gasteiger partial charge in [-0.05, 0) is 44.8 Å². The second-order valence-electron chi connectivity index (χ2n) is 5.74. The Labute approximate surface area is 139 Å². The molecule has 2 aromatic heterocycles. The van der Waals surface area contributed by atoms with Crippen LogP contribution in [-0.2, 0) is 6.54 Å². The van der Waals surface area contributed by atoms with Crippen LogP contribution in [0.3, 0.4) is 0 Å². The molecule has 1 atom stereocenters. The van der Waals surface area contributed by atoms with E-state index in [1.807, 2.05) is 19.2 Å². The third-order valence-electron chi connectivity index (χ3n) is 3.91. The number of hydrogen-bond donors (Lipinski definition) is 1. The van der Waals surface area contributed by atoms with Crippen molar-refractivity contribution in [2.45, 2.75) is 45.7 Å². The smallest absolute Gasteiger partial charge is 0.224 e. The van der Waals surface area contributed by atoms with Crippen LogP contribution in [0.5, 0.6) is 0 Å². The zero-order chi connectivity index (χ0) is 15.5. The van der Waals surface area contributed by atoms with Crippen LogP contribution in [0.2, 0.25) is 5.28 Å². The Kier molecular flexibility index (Phi) is 4.90. The minimum absolute atomic E-state index is 0.251. The third kappa shape index (κ3) is 3.94. The van der Waals surface area contributed by atoms with Gasteiger partial charge in [-0.2, -0.15) is 0 Å². The molecule has 1 N–H and O–H groups in total. The van der Waals surface area contributed by atoms with Gasteiger partial charge >= 0.3 is 0 Å². The molecule has 5 nitrogen and oxygen atoms in total. The van der Waals surface area contributed by atoms with Gasteiger partial charge in [0, 0.05) is 35.4 Å². The van der Waals surface area contributed by atoms with Crippen LogP contribution < -0.4 is 5.32 Å². The minimum Gasteiger partial charge on any atom is -0.316 e. The monoisotopic (exact) mass is 337 g/mol. The summed E-state index contributed by atoms with van der Waals surface area (Å²) in [4.78, 5) is 16.5. The number of likely N-dealkylation sites (tertiary alicyclic amines) is 1. The molecular formula is C15H20ClN5S. The number of aromatic nitrogens is 3. The fourth-order valence-corrected chi connectivity index (χ4v) is 3.81. The van der Waals surface area contributed by atoms with Crippen molar-refractivity contribution in [1.29, 1.82) is 0 Å². The van der Waals surface area contributed by atoms with Crippen molar-refractivity contribution in [3.05, 3.63) is 28.1 Å². The lowest BCUT2D eigenvalue weighted by Gasteiger charge is -2.32. The standard InChI is InChI=1S/C15H20ClN5S/c1-10-7-13(19-14(16)18-10)20-15-17-8-12(22-15)9-21-6-4-3-5-11(21)2/h7-8,11H,3-6,9H2,1-2H3,(H,17,18,19,20). The van der Waals surface area contributed by atoms with Crippen molar-refractivity contribution >= 4 is 33.9 Å². The molecule has 0 bridgehead atoms. The van der Waals surface area contributed by atoms with Gasteiger partial charge in [0.2, 0.25) is 5.28 Å². The summed E-state index contributed by atoms with van der Waals surface area (Å²) in [5, 5.41) is 4.30. The highest BCUT2D eigenvalue weighted by Crippen LogP contribution is 2.26. The number of hydrogen-bond acceptors (Lipinski definition) is 6. The SMILES string of the molecule is Cc1cc(Nc2ncc(CN3CCCCC3C)s2)nc(Cl)n1. The maximum Gasteiger partial charge on any atom is 0.224 e. The zero-order valence-electron chi connectivity index (χ0n) is 12.8. The first kappa shape index (κ1) is 15.6. The maximum absolute atomic E-state index is 5.88. The molecule has 1 unspecified atom stereocenters. The van der Waals surface area contributed by atoms with Crippen molar-refractivity contribution in [3.8, 4) is 0 Å².